The minimum atomic E-state index is -0.190. The summed E-state index contributed by atoms with van der Waals surface area (Å²) >= 11 is 0. The molecule has 3 aliphatic heterocycles. The Morgan fingerprint density at radius 3 is 2.15 bits per heavy atom. The fraction of sp³-hybridized carbons (Fsp3) is 0.0612. The summed E-state index contributed by atoms with van der Waals surface area (Å²) in [6.45, 7) is 4.68. The van der Waals surface area contributed by atoms with Gasteiger partial charge in [-0.2, -0.15) is 0 Å². The van der Waals surface area contributed by atoms with Gasteiger partial charge in [0.2, 0.25) is 0 Å². The van der Waals surface area contributed by atoms with E-state index < -0.39 is 0 Å². The first-order chi connectivity index (χ1) is 26.1. The molecule has 0 saturated heterocycles. The van der Waals surface area contributed by atoms with E-state index in [4.69, 9.17) is 4.42 Å². The molecule has 0 spiro atoms. The predicted molar refractivity (Wildman–Crippen MR) is 223 cm³/mol. The first kappa shape index (κ1) is 29.1. The number of benzene rings is 8. The van der Waals surface area contributed by atoms with Crippen LogP contribution in [0.25, 0.3) is 55.0 Å². The number of hydrogen-bond donors (Lipinski definition) is 0. The predicted octanol–water partition coefficient (Wildman–Crippen LogP) is 11.8. The Morgan fingerprint density at radius 2 is 1.25 bits per heavy atom. The lowest BCUT2D eigenvalue weighted by Crippen LogP contribution is -2.62. The average Bonchev–Trinajstić information content (AvgIpc) is 3.59. The van der Waals surface area contributed by atoms with Gasteiger partial charge in [0, 0.05) is 39.1 Å². The number of hydrogen-bond acceptors (Lipinski definition) is 3. The van der Waals surface area contributed by atoms with E-state index in [9.17, 15) is 0 Å². The standard InChI is InChI=1S/C49H33BN2O/c1-49(2)36-19-9-10-22-39(36)51-42-29-32(30-14-4-3-5-15-30)28-35-45-33-17-7-6-16-31(33)26-27-41(45)52(50(47(35)42)38-21-12-20-37(49)48(38)51)40-23-13-25-44-46(40)34-18-8-11-24-43(34)53-44/h3-29H,1-2H3. The topological polar surface area (TPSA) is 19.6 Å². The van der Waals surface area contributed by atoms with Gasteiger partial charge in [0.15, 0.2) is 0 Å². The van der Waals surface area contributed by atoms with E-state index in [1.54, 1.807) is 0 Å². The molecule has 0 radical (unpaired) electrons. The Kier molecular flexibility index (Phi) is 5.66. The summed E-state index contributed by atoms with van der Waals surface area (Å²) in [5.41, 5.74) is 18.1. The van der Waals surface area contributed by atoms with Crippen LogP contribution in [0.5, 0.6) is 0 Å². The van der Waals surface area contributed by atoms with Gasteiger partial charge in [0.25, 0.3) is 0 Å². The molecule has 0 unspecified atom stereocenters. The van der Waals surface area contributed by atoms with Crippen LogP contribution in [0.15, 0.2) is 168 Å². The molecule has 0 aliphatic carbocycles. The maximum Gasteiger partial charge on any atom is 0.333 e. The van der Waals surface area contributed by atoms with E-state index in [1.165, 1.54) is 77.8 Å². The lowest BCUT2D eigenvalue weighted by molar-refractivity contribution is 0.632. The molecule has 53 heavy (non-hydrogen) atoms. The Morgan fingerprint density at radius 1 is 0.528 bits per heavy atom. The number of para-hydroxylation sites is 3. The molecule has 0 amide bonds. The van der Waals surface area contributed by atoms with E-state index in [2.05, 4.69) is 187 Å². The summed E-state index contributed by atoms with van der Waals surface area (Å²) in [5, 5.41) is 4.77. The van der Waals surface area contributed by atoms with Crippen molar-refractivity contribution in [1.82, 2.24) is 0 Å². The average molecular weight is 677 g/mol. The first-order valence-electron chi connectivity index (χ1n) is 18.6. The van der Waals surface area contributed by atoms with Crippen LogP contribution in [0.2, 0.25) is 0 Å². The van der Waals surface area contributed by atoms with E-state index in [1.807, 2.05) is 0 Å². The molecule has 4 heterocycles. The van der Waals surface area contributed by atoms with Gasteiger partial charge in [0.1, 0.15) is 11.2 Å². The molecule has 0 N–H and O–H groups in total. The van der Waals surface area contributed by atoms with Crippen molar-refractivity contribution in [2.45, 2.75) is 19.3 Å². The molecule has 0 atom stereocenters. The van der Waals surface area contributed by atoms with Gasteiger partial charge in [-0.05, 0) is 92.0 Å². The third-order valence-electron chi connectivity index (χ3n) is 12.2. The molecule has 4 heteroatoms. The second-order valence-corrected chi connectivity index (χ2v) is 15.2. The number of anilines is 5. The summed E-state index contributed by atoms with van der Waals surface area (Å²) < 4.78 is 6.55. The zero-order valence-electron chi connectivity index (χ0n) is 29.5. The summed E-state index contributed by atoms with van der Waals surface area (Å²) in [7, 11) is 0. The van der Waals surface area contributed by atoms with Gasteiger partial charge >= 0.3 is 6.85 Å². The first-order valence-corrected chi connectivity index (χ1v) is 18.6. The van der Waals surface area contributed by atoms with Gasteiger partial charge in [-0.1, -0.05) is 135 Å². The minimum absolute atomic E-state index is 0.0926. The molecule has 9 aromatic rings. The lowest BCUT2D eigenvalue weighted by atomic mass is 9.42. The van der Waals surface area contributed by atoms with Gasteiger partial charge in [-0.3, -0.25) is 0 Å². The smallest absolute Gasteiger partial charge is 0.333 e. The largest absolute Gasteiger partial charge is 0.456 e. The van der Waals surface area contributed by atoms with Crippen LogP contribution >= 0.6 is 0 Å². The third kappa shape index (κ3) is 3.75. The van der Waals surface area contributed by atoms with Crippen LogP contribution in [-0.4, -0.2) is 6.85 Å². The molecule has 1 aromatic heterocycles. The zero-order valence-corrected chi connectivity index (χ0v) is 29.5. The number of rotatable bonds is 2. The van der Waals surface area contributed by atoms with Crippen molar-refractivity contribution in [3.63, 3.8) is 0 Å². The van der Waals surface area contributed by atoms with Crippen LogP contribution in [0.1, 0.15) is 25.0 Å². The van der Waals surface area contributed by atoms with Crippen molar-refractivity contribution in [3.05, 3.63) is 175 Å². The highest BCUT2D eigenvalue weighted by Gasteiger charge is 2.50. The quantitative estimate of drug-likeness (QED) is 0.170. The van der Waals surface area contributed by atoms with Crippen molar-refractivity contribution in [2.75, 3.05) is 9.71 Å². The fourth-order valence-corrected chi connectivity index (χ4v) is 9.90. The van der Waals surface area contributed by atoms with Gasteiger partial charge < -0.3 is 14.1 Å². The molecule has 8 aromatic carbocycles. The van der Waals surface area contributed by atoms with Crippen LogP contribution in [0.3, 0.4) is 0 Å². The molecule has 12 rings (SSSR count). The normalized spacial score (nSPS) is 14.6. The summed E-state index contributed by atoms with van der Waals surface area (Å²) in [4.78, 5) is 5.23. The fourth-order valence-electron chi connectivity index (χ4n) is 9.90. The van der Waals surface area contributed by atoms with E-state index in [0.29, 0.717) is 0 Å². The van der Waals surface area contributed by atoms with E-state index in [0.717, 1.165) is 27.6 Å². The van der Waals surface area contributed by atoms with Gasteiger partial charge in [0.05, 0.1) is 11.1 Å². The SMILES string of the molecule is CC1(C)c2ccccc2N2c3cc(-c4ccccc4)cc4c3B(c3cccc1c32)N(c1cccc2oc3ccccc3c12)c1ccc2ccccc2c1-4. The summed E-state index contributed by atoms with van der Waals surface area (Å²) in [5.74, 6) is 0. The second-order valence-electron chi connectivity index (χ2n) is 15.2. The van der Waals surface area contributed by atoms with Crippen molar-refractivity contribution in [2.24, 2.45) is 0 Å². The molecular formula is C49H33BN2O. The maximum atomic E-state index is 6.55. The molecule has 0 fully saturated rings. The third-order valence-corrected chi connectivity index (χ3v) is 12.2. The monoisotopic (exact) mass is 676 g/mol. The Balaban J connectivity index is 1.29. The number of furan rings is 1. The van der Waals surface area contributed by atoms with Crippen molar-refractivity contribution in [1.29, 1.82) is 0 Å². The van der Waals surface area contributed by atoms with Crippen LogP contribution in [0.4, 0.5) is 28.4 Å². The van der Waals surface area contributed by atoms with Crippen LogP contribution in [-0.2, 0) is 5.41 Å². The van der Waals surface area contributed by atoms with E-state index in [-0.39, 0.29) is 12.3 Å². The molecule has 0 bridgehead atoms. The van der Waals surface area contributed by atoms with Gasteiger partial charge in [-0.25, -0.2) is 0 Å². The number of nitrogens with zero attached hydrogens (tertiary/aromatic N) is 2. The molecular weight excluding hydrogens is 643 g/mol. The molecule has 248 valence electrons. The van der Waals surface area contributed by atoms with Crippen molar-refractivity contribution < 1.29 is 4.42 Å². The highest BCUT2D eigenvalue weighted by atomic mass is 16.3. The Hall–Kier alpha value is -6.52. The number of fused-ring (bicyclic) bond motifs is 11. The minimum Gasteiger partial charge on any atom is -0.456 e. The zero-order chi connectivity index (χ0) is 35.0. The second kappa shape index (κ2) is 10.3. The highest BCUT2D eigenvalue weighted by molar-refractivity contribution is 6.94. The molecule has 3 aliphatic rings. The lowest BCUT2D eigenvalue weighted by Gasteiger charge is -2.50. The van der Waals surface area contributed by atoms with Gasteiger partial charge in [-0.15, -0.1) is 0 Å². The molecule has 3 nitrogen and oxygen atoms in total. The summed E-state index contributed by atoms with van der Waals surface area (Å²) in [6, 6.07) is 60.4. The molecule has 0 saturated carbocycles. The van der Waals surface area contributed by atoms with Crippen molar-refractivity contribution >= 4 is 78.9 Å². The summed E-state index contributed by atoms with van der Waals surface area (Å²) in [6.07, 6.45) is 0. The maximum absolute atomic E-state index is 6.55. The Bertz CT molecular complexity index is 3010. The van der Waals surface area contributed by atoms with Crippen LogP contribution in [0, 0.1) is 0 Å². The highest BCUT2D eigenvalue weighted by Crippen LogP contribution is 2.56. The van der Waals surface area contributed by atoms with Crippen molar-refractivity contribution in [3.8, 4) is 22.3 Å². The Labute approximate surface area is 308 Å². The van der Waals surface area contributed by atoms with Crippen LogP contribution < -0.4 is 20.6 Å². The van der Waals surface area contributed by atoms with E-state index >= 15 is 0 Å².